The molecule has 1 heterocycles. The third-order valence-corrected chi connectivity index (χ3v) is 4.39. The van der Waals surface area contributed by atoms with Crippen LogP contribution in [0.15, 0.2) is 61.5 Å². The monoisotopic (exact) mass is 389 g/mol. The van der Waals surface area contributed by atoms with Gasteiger partial charge in [-0.2, -0.15) is 0 Å². The fraction of sp³-hybridized carbons (Fsp3) is 0.381. The molecule has 0 spiro atoms. The maximum atomic E-state index is 11.6. The largest absolute Gasteiger partial charge is 0.481 e. The molecular formula is C21H27NO6. The predicted octanol–water partition coefficient (Wildman–Crippen LogP) is 2.98. The molecule has 0 atom stereocenters. The molecule has 0 aromatic heterocycles. The predicted molar refractivity (Wildman–Crippen MR) is 105 cm³/mol. The maximum Gasteiger partial charge on any atom is 0.330 e. The van der Waals surface area contributed by atoms with Gasteiger partial charge in [-0.05, 0) is 25.0 Å². The van der Waals surface area contributed by atoms with Gasteiger partial charge in [0, 0.05) is 36.0 Å². The second kappa shape index (κ2) is 11.6. The Morgan fingerprint density at radius 2 is 1.71 bits per heavy atom. The van der Waals surface area contributed by atoms with Gasteiger partial charge in [0.2, 0.25) is 0 Å². The molecular weight excluding hydrogens is 362 g/mol. The molecule has 0 aromatic rings. The summed E-state index contributed by atoms with van der Waals surface area (Å²) in [5.74, 6) is -2.03. The van der Waals surface area contributed by atoms with E-state index in [0.29, 0.717) is 12.8 Å². The lowest BCUT2D eigenvalue weighted by molar-refractivity contribution is -0.148. The highest BCUT2D eigenvalue weighted by atomic mass is 16.5. The number of aliphatic carboxylic acids is 1. The minimum Gasteiger partial charge on any atom is -0.481 e. The van der Waals surface area contributed by atoms with Crippen LogP contribution in [0.2, 0.25) is 0 Å². The second-order valence-corrected chi connectivity index (χ2v) is 6.38. The summed E-state index contributed by atoms with van der Waals surface area (Å²) >= 11 is 0. The van der Waals surface area contributed by atoms with Crippen molar-refractivity contribution in [1.82, 2.24) is 4.90 Å². The van der Waals surface area contributed by atoms with E-state index in [-0.39, 0.29) is 26.2 Å². The normalized spacial score (nSPS) is 13.3. The summed E-state index contributed by atoms with van der Waals surface area (Å²) in [4.78, 5) is 36.0. The van der Waals surface area contributed by atoms with Crippen LogP contribution in [0.5, 0.6) is 0 Å². The van der Waals surface area contributed by atoms with Gasteiger partial charge < -0.3 is 19.5 Å². The van der Waals surface area contributed by atoms with Crippen molar-refractivity contribution in [3.63, 3.8) is 0 Å². The number of esters is 2. The van der Waals surface area contributed by atoms with Crippen molar-refractivity contribution in [2.45, 2.75) is 26.2 Å². The Bertz CT molecular complexity index is 665. The highest BCUT2D eigenvalue weighted by Crippen LogP contribution is 2.34. The molecule has 0 amide bonds. The first-order chi connectivity index (χ1) is 13.4. The van der Waals surface area contributed by atoms with Gasteiger partial charge in [-0.3, -0.25) is 4.79 Å². The van der Waals surface area contributed by atoms with Crippen molar-refractivity contribution in [2.24, 2.45) is 5.41 Å². The number of carboxylic acids is 1. The third-order valence-electron chi connectivity index (χ3n) is 4.39. The van der Waals surface area contributed by atoms with E-state index in [4.69, 9.17) is 14.6 Å². The van der Waals surface area contributed by atoms with Gasteiger partial charge in [0.15, 0.2) is 0 Å². The SMILES string of the molecule is C=CC(=O)OCC(CC)(COC(=O)C=C)CC1=CC=CC=CN1CCC(=O)O. The minimum absolute atomic E-state index is 0.0241. The molecule has 0 bridgehead atoms. The molecule has 7 nitrogen and oxygen atoms in total. The molecule has 28 heavy (non-hydrogen) atoms. The Labute approximate surface area is 165 Å². The lowest BCUT2D eigenvalue weighted by Gasteiger charge is -2.35. The van der Waals surface area contributed by atoms with Gasteiger partial charge in [-0.25, -0.2) is 9.59 Å². The first-order valence-electron chi connectivity index (χ1n) is 8.96. The lowest BCUT2D eigenvalue weighted by Crippen LogP contribution is -2.36. The Morgan fingerprint density at radius 3 is 2.21 bits per heavy atom. The zero-order chi connectivity index (χ0) is 21.0. The number of hydrogen-bond acceptors (Lipinski definition) is 6. The molecule has 7 heteroatoms. The van der Waals surface area contributed by atoms with Crippen LogP contribution in [-0.4, -0.2) is 47.7 Å². The highest BCUT2D eigenvalue weighted by Gasteiger charge is 2.34. The quantitative estimate of drug-likeness (QED) is 0.405. The number of allylic oxidation sites excluding steroid dienone is 5. The number of ether oxygens (including phenoxy) is 2. The van der Waals surface area contributed by atoms with Crippen LogP contribution >= 0.6 is 0 Å². The molecule has 0 saturated carbocycles. The summed E-state index contributed by atoms with van der Waals surface area (Å²) in [7, 11) is 0. The molecule has 0 radical (unpaired) electrons. The number of carbonyl (C=O) groups excluding carboxylic acids is 2. The summed E-state index contributed by atoms with van der Waals surface area (Å²) in [5, 5.41) is 9.00. The average Bonchev–Trinajstić information content (AvgIpc) is 2.92. The summed E-state index contributed by atoms with van der Waals surface area (Å²) in [6.07, 6.45) is 12.2. The smallest absolute Gasteiger partial charge is 0.330 e. The first-order valence-corrected chi connectivity index (χ1v) is 8.96. The summed E-state index contributed by atoms with van der Waals surface area (Å²) < 4.78 is 10.5. The first kappa shape index (κ1) is 23.0. The van der Waals surface area contributed by atoms with Crippen molar-refractivity contribution in [1.29, 1.82) is 0 Å². The van der Waals surface area contributed by atoms with Crippen LogP contribution in [0.3, 0.4) is 0 Å². The molecule has 1 aliphatic rings. The molecule has 0 aliphatic carbocycles. The van der Waals surface area contributed by atoms with Gasteiger partial charge in [-0.15, -0.1) is 0 Å². The Morgan fingerprint density at radius 1 is 1.11 bits per heavy atom. The van der Waals surface area contributed by atoms with E-state index in [0.717, 1.165) is 17.8 Å². The fourth-order valence-electron chi connectivity index (χ4n) is 2.59. The Hall–Kier alpha value is -3.09. The van der Waals surface area contributed by atoms with Gasteiger partial charge in [0.05, 0.1) is 6.42 Å². The molecule has 0 unspecified atom stereocenters. The third kappa shape index (κ3) is 7.65. The molecule has 152 valence electrons. The average molecular weight is 389 g/mol. The van der Waals surface area contributed by atoms with Gasteiger partial charge in [0.25, 0.3) is 0 Å². The van der Waals surface area contributed by atoms with E-state index >= 15 is 0 Å². The van der Waals surface area contributed by atoms with E-state index in [1.54, 1.807) is 6.20 Å². The van der Waals surface area contributed by atoms with Crippen LogP contribution in [-0.2, 0) is 23.9 Å². The van der Waals surface area contributed by atoms with E-state index in [9.17, 15) is 14.4 Å². The van der Waals surface area contributed by atoms with Crippen molar-refractivity contribution >= 4 is 17.9 Å². The number of hydrogen-bond donors (Lipinski definition) is 1. The number of nitrogens with zero attached hydrogens (tertiary/aromatic N) is 1. The summed E-state index contributed by atoms with van der Waals surface area (Å²) in [5.41, 5.74) is 0.147. The zero-order valence-electron chi connectivity index (χ0n) is 16.1. The number of carbonyl (C=O) groups is 3. The molecule has 1 N–H and O–H groups in total. The molecule has 1 aliphatic heterocycles. The fourth-order valence-corrected chi connectivity index (χ4v) is 2.59. The zero-order valence-corrected chi connectivity index (χ0v) is 16.1. The van der Waals surface area contributed by atoms with Gasteiger partial charge in [-0.1, -0.05) is 32.2 Å². The number of carboxylic acid groups (broad SMARTS) is 1. The van der Waals surface area contributed by atoms with Gasteiger partial charge in [0.1, 0.15) is 13.2 Å². The van der Waals surface area contributed by atoms with Crippen molar-refractivity contribution in [3.05, 3.63) is 61.5 Å². The Balaban J connectivity index is 3.07. The Kier molecular flexibility index (Phi) is 9.50. The molecule has 0 aromatic carbocycles. The van der Waals surface area contributed by atoms with Crippen molar-refractivity contribution in [3.8, 4) is 0 Å². The van der Waals surface area contributed by atoms with Crippen LogP contribution in [0, 0.1) is 5.41 Å². The van der Waals surface area contributed by atoms with Crippen LogP contribution in [0.4, 0.5) is 0 Å². The lowest BCUT2D eigenvalue weighted by atomic mass is 9.81. The van der Waals surface area contributed by atoms with E-state index < -0.39 is 23.3 Å². The van der Waals surface area contributed by atoms with E-state index in [1.807, 2.05) is 36.1 Å². The van der Waals surface area contributed by atoms with Gasteiger partial charge >= 0.3 is 17.9 Å². The number of rotatable bonds is 12. The highest BCUT2D eigenvalue weighted by molar-refractivity contribution is 5.81. The van der Waals surface area contributed by atoms with Crippen molar-refractivity contribution < 1.29 is 29.0 Å². The standard InChI is InChI=1S/C21H27NO6/c1-4-19(25)27-15-21(6-3,16-28-20(26)5-2)14-17-10-8-7-9-12-22(17)13-11-18(23)24/h4-5,7-10,12H,1-2,6,11,13-16H2,3H3,(H,23,24). The van der Waals surface area contributed by atoms with E-state index in [1.165, 1.54) is 0 Å². The van der Waals surface area contributed by atoms with Crippen molar-refractivity contribution in [2.75, 3.05) is 19.8 Å². The van der Waals surface area contributed by atoms with E-state index in [2.05, 4.69) is 13.2 Å². The topological polar surface area (TPSA) is 93.1 Å². The second-order valence-electron chi connectivity index (χ2n) is 6.38. The van der Waals surface area contributed by atoms with Crippen LogP contribution in [0.1, 0.15) is 26.2 Å². The molecule has 0 fully saturated rings. The van der Waals surface area contributed by atoms with Crippen LogP contribution < -0.4 is 0 Å². The maximum absolute atomic E-state index is 11.6. The van der Waals surface area contributed by atoms with Crippen LogP contribution in [0.25, 0.3) is 0 Å². The molecule has 1 rings (SSSR count). The summed E-state index contributed by atoms with van der Waals surface area (Å²) in [6, 6.07) is 0. The summed E-state index contributed by atoms with van der Waals surface area (Å²) in [6.45, 7) is 9.03. The molecule has 0 saturated heterocycles. The minimum atomic E-state index is -0.897.